The summed E-state index contributed by atoms with van der Waals surface area (Å²) in [5, 5.41) is -1.97. The fraction of sp³-hybridized carbons (Fsp3) is 0. The Labute approximate surface area is 385 Å². The Bertz CT molecular complexity index is 5330. The first-order chi connectivity index (χ1) is 42.6. The number of hydrogen-bond donors (Lipinski definition) is 0. The lowest BCUT2D eigenvalue weighted by Gasteiger charge is -2.33. The molecule has 5 heteroatoms. The summed E-state index contributed by atoms with van der Waals surface area (Å²) >= 11 is 0. The molecular weight excluding hydrogens is 721 g/mol. The minimum absolute atomic E-state index is 0.456. The highest BCUT2D eigenvalue weighted by Gasteiger charge is 2.41. The Balaban J connectivity index is 1.15. The number of nitrogens with zero attached hydrogens (tertiary/aromatic N) is 1. The van der Waals surface area contributed by atoms with Crippen LogP contribution in [-0.2, 0) is 0 Å². The number of ether oxygens (including phenoxy) is 1. The van der Waals surface area contributed by atoms with E-state index in [9.17, 15) is 16.4 Å². The number of furan rings is 1. The summed E-state index contributed by atoms with van der Waals surface area (Å²) in [7, 11) is 0. The highest BCUT2D eigenvalue weighted by atomic mass is 16.5. The van der Waals surface area contributed by atoms with E-state index in [2.05, 4.69) is 0 Å². The van der Waals surface area contributed by atoms with Crippen LogP contribution in [0.1, 0.15) is 43.9 Å². The number of benzene rings is 9. The van der Waals surface area contributed by atoms with Crippen LogP contribution >= 0.6 is 0 Å². The molecule has 0 aliphatic carbocycles. The van der Waals surface area contributed by atoms with Gasteiger partial charge in [0.25, 0.3) is 0 Å². The van der Waals surface area contributed by atoms with E-state index < -0.39 is 322 Å². The van der Waals surface area contributed by atoms with E-state index in [1.54, 1.807) is 0 Å². The van der Waals surface area contributed by atoms with Gasteiger partial charge in [-0.25, -0.2) is 0 Å². The highest BCUT2D eigenvalue weighted by Crippen LogP contribution is 2.45. The van der Waals surface area contributed by atoms with Crippen molar-refractivity contribution < 1.29 is 57.7 Å². The van der Waals surface area contributed by atoms with Crippen molar-refractivity contribution in [2.75, 3.05) is 0 Å². The minimum atomic E-state index is -2.03. The predicted octanol–water partition coefficient (Wildman–Crippen LogP) is 13.0. The number of aromatic nitrogens is 1. The van der Waals surface area contributed by atoms with Gasteiger partial charge in [0.2, 0.25) is 0 Å². The summed E-state index contributed by atoms with van der Waals surface area (Å²) in [6, 6.07) is -30.0. The molecule has 0 unspecified atom stereocenters. The Hall–Kier alpha value is -7.76. The molecule has 59 heavy (non-hydrogen) atoms. The van der Waals surface area contributed by atoms with Crippen molar-refractivity contribution in [2.24, 2.45) is 0 Å². The molecule has 0 saturated carbocycles. The Kier molecular flexibility index (Phi) is 2.99. The molecule has 0 radical (unpaired) electrons. The lowest BCUT2D eigenvalue weighted by Crippen LogP contribution is -2.53. The molecule has 0 bridgehead atoms. The first-order valence-corrected chi connectivity index (χ1v) is 17.5. The maximum absolute atomic E-state index is 10.1. The number of fused-ring (bicyclic) bond motifs is 10. The third kappa shape index (κ3) is 4.79. The SMILES string of the molecule is [2H]c1c([2H])c([2H])c2c(c1[2H])OB1c3c([2H])c([2H])c(-c4c([2H])c([2H])c([2H])c(-n5c6c([2H])c([2H])c([2H])c([2H])c6c6c([2H])c([2H])c([2H])c([2H])c65)c4[2H])c([2H])c3Oc3c([2H])c(-c4c([2H])c([2H])c([2H])c([2H])c4-c4c([2H])c([2H])c([2H])c5c4oc4c([2H])c([2H])c([2H])c([2H])c45)c([2H])c-2c31. The lowest BCUT2D eigenvalue weighted by molar-refractivity contribution is 0.480. The van der Waals surface area contributed by atoms with Gasteiger partial charge in [0.1, 0.15) is 28.4 Å². The summed E-state index contributed by atoms with van der Waals surface area (Å²) in [6.45, 7) is -2.03. The maximum Gasteiger partial charge on any atom is 0.434 e. The van der Waals surface area contributed by atoms with E-state index in [1.165, 1.54) is 0 Å². The van der Waals surface area contributed by atoms with Crippen LogP contribution in [0.5, 0.6) is 17.2 Å². The van der Waals surface area contributed by atoms with Gasteiger partial charge < -0.3 is 18.4 Å². The van der Waals surface area contributed by atoms with Gasteiger partial charge in [-0.2, -0.15) is 0 Å². The van der Waals surface area contributed by atoms with Gasteiger partial charge in [-0.15, -0.1) is 0 Å². The third-order valence-electron chi connectivity index (χ3n) is 9.92. The summed E-state index contributed by atoms with van der Waals surface area (Å²) in [6.07, 6.45) is 0. The van der Waals surface area contributed by atoms with E-state index in [0.29, 0.717) is 0 Å². The molecule has 0 amide bonds. The van der Waals surface area contributed by atoms with Crippen LogP contribution in [-0.4, -0.2) is 11.5 Å². The zero-order valence-corrected chi connectivity index (χ0v) is 29.2. The second-order valence-corrected chi connectivity index (χ2v) is 13.1. The number of hydrogen-bond acceptors (Lipinski definition) is 3. The van der Waals surface area contributed by atoms with E-state index in [4.69, 9.17) is 41.2 Å². The van der Waals surface area contributed by atoms with Crippen LogP contribution in [0.4, 0.5) is 0 Å². The van der Waals surface area contributed by atoms with Crippen molar-refractivity contribution in [2.45, 2.75) is 0 Å². The first-order valence-electron chi connectivity index (χ1n) is 33.5. The largest absolute Gasteiger partial charge is 0.551 e. The Morgan fingerprint density at radius 2 is 1.07 bits per heavy atom. The van der Waals surface area contributed by atoms with Crippen molar-refractivity contribution in [3.05, 3.63) is 193 Å². The zero-order valence-electron chi connectivity index (χ0n) is 61.2. The lowest BCUT2D eigenvalue weighted by atomic mass is 9.50. The van der Waals surface area contributed by atoms with Crippen molar-refractivity contribution in [1.82, 2.24) is 4.57 Å². The Morgan fingerprint density at radius 1 is 0.424 bits per heavy atom. The summed E-state index contributed by atoms with van der Waals surface area (Å²) in [4.78, 5) is 0. The molecule has 0 saturated heterocycles. The van der Waals surface area contributed by atoms with Crippen LogP contribution < -0.4 is 20.3 Å². The minimum Gasteiger partial charge on any atom is -0.551 e. The van der Waals surface area contributed by atoms with Crippen molar-refractivity contribution in [1.29, 1.82) is 0 Å². The molecule has 274 valence electrons. The van der Waals surface area contributed by atoms with Crippen LogP contribution in [0.25, 0.3) is 93.9 Å². The van der Waals surface area contributed by atoms with Crippen LogP contribution in [0.2, 0.25) is 0 Å². The maximum atomic E-state index is 10.1. The normalized spacial score (nSPS) is 20.2. The quantitative estimate of drug-likeness (QED) is 0.167. The fourth-order valence-corrected chi connectivity index (χ4v) is 7.41. The second kappa shape index (κ2) is 12.4. The molecule has 2 aliphatic heterocycles. The van der Waals surface area contributed by atoms with E-state index in [-0.39, 0.29) is 0 Å². The average Bonchev–Trinajstić information content (AvgIpc) is 1.23. The molecule has 13 rings (SSSR count). The first kappa shape index (κ1) is 14.3. The van der Waals surface area contributed by atoms with Gasteiger partial charge in [0.05, 0.1) is 54.9 Å². The van der Waals surface area contributed by atoms with Gasteiger partial charge in [-0.05, 0) is 87.8 Å². The van der Waals surface area contributed by atoms with Crippen LogP contribution in [0.3, 0.4) is 0 Å². The second-order valence-electron chi connectivity index (χ2n) is 13.1. The predicted molar refractivity (Wildman–Crippen MR) is 242 cm³/mol. The fourth-order valence-electron chi connectivity index (χ4n) is 7.41. The van der Waals surface area contributed by atoms with Gasteiger partial charge in [0, 0.05) is 49.3 Å². The van der Waals surface area contributed by atoms with Gasteiger partial charge in [-0.1, -0.05) is 139 Å². The van der Waals surface area contributed by atoms with Crippen molar-refractivity contribution in [3.8, 4) is 67.4 Å². The summed E-state index contributed by atoms with van der Waals surface area (Å²) in [5.74, 6) is -2.44. The van der Waals surface area contributed by atoms with Crippen molar-refractivity contribution in [3.63, 3.8) is 0 Å². The third-order valence-corrected chi connectivity index (χ3v) is 9.92. The number of para-hydroxylation sites is 5. The molecular formula is C54H32BNO3. The standard InChI is InChI=1S/C54H32BNO3/c1-2-16-38(43-21-12-22-44-41-19-5-9-25-49(41)58-54(43)44)37(15-1)35-30-45-42-20-6-10-26-50(42)59-55-46-28-27-34(31-51(46)57-52(32-35)53(45)55)33-13-11-14-36(29-33)56-47-23-7-3-17-39(47)40-18-4-8-24-48(40)56/h1-32H/i1D,2D,3D,4D,5D,6D,7D,8D,9D,10D,11D,12D,13D,14D,15D,16D,17D,18D,19D,20D,21D,22D,23D,24D,25D,26D,27D,28D,29D,30D,31D,32D. The monoisotopic (exact) mass is 785 g/mol. The highest BCUT2D eigenvalue weighted by molar-refractivity contribution is 6.84. The zero-order chi connectivity index (χ0) is 66.5. The summed E-state index contributed by atoms with van der Waals surface area (Å²) < 4.78 is 311. The van der Waals surface area contributed by atoms with E-state index >= 15 is 0 Å². The molecule has 2 aliphatic rings. The topological polar surface area (TPSA) is 36.5 Å². The average molecular weight is 786 g/mol. The molecule has 0 atom stereocenters. The molecule has 0 spiro atoms. The molecule has 2 aromatic heterocycles. The van der Waals surface area contributed by atoms with Gasteiger partial charge >= 0.3 is 6.92 Å². The summed E-state index contributed by atoms with van der Waals surface area (Å²) in [5.41, 5.74) is -10.9. The van der Waals surface area contributed by atoms with Crippen LogP contribution in [0.15, 0.2) is 198 Å². The molecule has 0 N–H and O–H groups in total. The molecule has 4 heterocycles. The van der Waals surface area contributed by atoms with E-state index in [1.807, 2.05) is 0 Å². The Morgan fingerprint density at radius 3 is 1.92 bits per heavy atom. The van der Waals surface area contributed by atoms with E-state index in [0.717, 1.165) is 4.57 Å². The number of rotatable bonds is 4. The molecule has 9 aromatic carbocycles. The van der Waals surface area contributed by atoms with Crippen LogP contribution in [0, 0.1) is 0 Å². The molecule has 0 fully saturated rings. The smallest absolute Gasteiger partial charge is 0.434 e. The van der Waals surface area contributed by atoms with Gasteiger partial charge in [0.15, 0.2) is 0 Å². The van der Waals surface area contributed by atoms with Crippen molar-refractivity contribution >= 4 is 61.6 Å². The molecule has 11 aromatic rings. The molecule has 4 nitrogen and oxygen atoms in total. The van der Waals surface area contributed by atoms with Gasteiger partial charge in [-0.3, -0.25) is 0 Å².